The number of halogens is 1. The van der Waals surface area contributed by atoms with E-state index in [1.54, 1.807) is 12.3 Å². The van der Waals surface area contributed by atoms with Crippen molar-refractivity contribution in [1.29, 1.82) is 0 Å². The van der Waals surface area contributed by atoms with Crippen molar-refractivity contribution in [2.45, 2.75) is 31.7 Å². The van der Waals surface area contributed by atoms with Crippen LogP contribution in [0.1, 0.15) is 43.1 Å². The first-order chi connectivity index (χ1) is 9.22. The Labute approximate surface area is 117 Å². The molecule has 2 heterocycles. The first kappa shape index (κ1) is 12.4. The second-order valence-electron chi connectivity index (χ2n) is 4.86. The van der Waals surface area contributed by atoms with Gasteiger partial charge in [-0.1, -0.05) is 17.7 Å². The number of aromatic nitrogens is 3. The van der Waals surface area contributed by atoms with Gasteiger partial charge in [-0.05, 0) is 31.4 Å². The van der Waals surface area contributed by atoms with Crippen LogP contribution in [0.15, 0.2) is 30.6 Å². The third kappa shape index (κ3) is 3.01. The Balaban J connectivity index is 1.79. The van der Waals surface area contributed by atoms with Gasteiger partial charge in [0.25, 0.3) is 0 Å². The van der Waals surface area contributed by atoms with E-state index in [1.165, 1.54) is 0 Å². The van der Waals surface area contributed by atoms with E-state index in [-0.39, 0.29) is 6.04 Å². The monoisotopic (exact) mass is 274 g/mol. The van der Waals surface area contributed by atoms with Crippen LogP contribution in [0.5, 0.6) is 0 Å². The molecule has 1 fully saturated rings. The quantitative estimate of drug-likeness (QED) is 0.866. The number of nitrogens with one attached hydrogen (secondary N) is 1. The Morgan fingerprint density at radius 3 is 2.89 bits per heavy atom. The van der Waals surface area contributed by atoms with Crippen LogP contribution < -0.4 is 5.32 Å². The largest absolute Gasteiger partial charge is 0.363 e. The fourth-order valence-electron chi connectivity index (χ4n) is 1.97. The molecule has 3 rings (SSSR count). The first-order valence-corrected chi connectivity index (χ1v) is 6.81. The molecule has 0 aliphatic heterocycles. The molecule has 1 atom stereocenters. The summed E-state index contributed by atoms with van der Waals surface area (Å²) in [4.78, 5) is 12.9. The van der Waals surface area contributed by atoms with Crippen molar-refractivity contribution in [2.24, 2.45) is 0 Å². The van der Waals surface area contributed by atoms with Gasteiger partial charge in [-0.25, -0.2) is 9.97 Å². The molecule has 1 saturated carbocycles. The highest BCUT2D eigenvalue weighted by Crippen LogP contribution is 2.38. The van der Waals surface area contributed by atoms with Gasteiger partial charge in [-0.2, -0.15) is 0 Å². The molecule has 1 aliphatic rings. The summed E-state index contributed by atoms with van der Waals surface area (Å²) in [5.41, 5.74) is 1.12. The standard InChI is InChI=1S/C14H15ClN4/c1-9(11-3-2-6-16-8-11)17-13-7-12(15)18-14(19-13)10-4-5-10/h2-3,6-10H,4-5H2,1H3,(H,17,18,19). The average Bonchev–Trinajstić information content (AvgIpc) is 3.23. The van der Waals surface area contributed by atoms with Crippen LogP contribution in [0.25, 0.3) is 0 Å². The number of hydrogen-bond acceptors (Lipinski definition) is 4. The maximum absolute atomic E-state index is 6.05. The molecule has 2 aromatic heterocycles. The van der Waals surface area contributed by atoms with E-state index in [4.69, 9.17) is 11.6 Å². The summed E-state index contributed by atoms with van der Waals surface area (Å²) in [5.74, 6) is 2.12. The van der Waals surface area contributed by atoms with E-state index in [0.717, 1.165) is 30.0 Å². The zero-order valence-electron chi connectivity index (χ0n) is 10.7. The number of anilines is 1. The van der Waals surface area contributed by atoms with Crippen molar-refractivity contribution < 1.29 is 0 Å². The van der Waals surface area contributed by atoms with E-state index < -0.39 is 0 Å². The van der Waals surface area contributed by atoms with Gasteiger partial charge in [-0.3, -0.25) is 4.98 Å². The van der Waals surface area contributed by atoms with Gasteiger partial charge in [0.05, 0.1) is 6.04 Å². The van der Waals surface area contributed by atoms with Crippen LogP contribution in [0.2, 0.25) is 5.15 Å². The second kappa shape index (κ2) is 5.13. The molecule has 0 radical (unpaired) electrons. The third-order valence-corrected chi connectivity index (χ3v) is 3.40. The highest BCUT2D eigenvalue weighted by atomic mass is 35.5. The minimum Gasteiger partial charge on any atom is -0.363 e. The van der Waals surface area contributed by atoms with Crippen molar-refractivity contribution in [1.82, 2.24) is 15.0 Å². The normalized spacial score (nSPS) is 16.1. The summed E-state index contributed by atoms with van der Waals surface area (Å²) in [6.07, 6.45) is 5.95. The number of rotatable bonds is 4. The van der Waals surface area contributed by atoms with Crippen LogP contribution in [0.4, 0.5) is 5.82 Å². The van der Waals surface area contributed by atoms with Crippen molar-refractivity contribution in [3.05, 3.63) is 47.1 Å². The highest BCUT2D eigenvalue weighted by Gasteiger charge is 2.27. The maximum Gasteiger partial charge on any atom is 0.135 e. The van der Waals surface area contributed by atoms with Crippen LogP contribution in [-0.4, -0.2) is 15.0 Å². The molecule has 2 aromatic rings. The third-order valence-electron chi connectivity index (χ3n) is 3.20. The van der Waals surface area contributed by atoms with Gasteiger partial charge in [-0.15, -0.1) is 0 Å². The van der Waals surface area contributed by atoms with Crippen molar-refractivity contribution >= 4 is 17.4 Å². The number of pyridine rings is 1. The molecular formula is C14H15ClN4. The van der Waals surface area contributed by atoms with Gasteiger partial charge < -0.3 is 5.32 Å². The van der Waals surface area contributed by atoms with Crippen molar-refractivity contribution in [3.63, 3.8) is 0 Å². The Morgan fingerprint density at radius 1 is 1.37 bits per heavy atom. The fraction of sp³-hybridized carbons (Fsp3) is 0.357. The number of hydrogen-bond donors (Lipinski definition) is 1. The molecule has 1 N–H and O–H groups in total. The van der Waals surface area contributed by atoms with Crippen molar-refractivity contribution in [2.75, 3.05) is 5.32 Å². The number of nitrogens with zero attached hydrogens (tertiary/aromatic N) is 3. The van der Waals surface area contributed by atoms with Gasteiger partial charge in [0.2, 0.25) is 0 Å². The summed E-state index contributed by atoms with van der Waals surface area (Å²) in [5, 5.41) is 3.84. The molecule has 0 aromatic carbocycles. The fourth-order valence-corrected chi connectivity index (χ4v) is 2.16. The van der Waals surface area contributed by atoms with Gasteiger partial charge in [0, 0.05) is 24.4 Å². The van der Waals surface area contributed by atoms with E-state index in [1.807, 2.05) is 18.3 Å². The van der Waals surface area contributed by atoms with E-state index >= 15 is 0 Å². The Kier molecular flexibility index (Phi) is 3.34. The van der Waals surface area contributed by atoms with Crippen LogP contribution in [-0.2, 0) is 0 Å². The Hall–Kier alpha value is -1.68. The highest BCUT2D eigenvalue weighted by molar-refractivity contribution is 6.29. The Morgan fingerprint density at radius 2 is 2.21 bits per heavy atom. The Bertz CT molecular complexity index is 569. The van der Waals surface area contributed by atoms with Crippen LogP contribution >= 0.6 is 11.6 Å². The van der Waals surface area contributed by atoms with E-state index in [9.17, 15) is 0 Å². The molecule has 0 bridgehead atoms. The zero-order valence-corrected chi connectivity index (χ0v) is 11.4. The molecule has 1 aliphatic carbocycles. The molecule has 0 spiro atoms. The first-order valence-electron chi connectivity index (χ1n) is 6.43. The lowest BCUT2D eigenvalue weighted by Gasteiger charge is -2.15. The van der Waals surface area contributed by atoms with Crippen LogP contribution in [0.3, 0.4) is 0 Å². The summed E-state index contributed by atoms with van der Waals surface area (Å²) < 4.78 is 0. The molecule has 5 heteroatoms. The topological polar surface area (TPSA) is 50.7 Å². The smallest absolute Gasteiger partial charge is 0.135 e. The zero-order chi connectivity index (χ0) is 13.2. The lowest BCUT2D eigenvalue weighted by molar-refractivity contribution is 0.848. The second-order valence-corrected chi connectivity index (χ2v) is 5.25. The van der Waals surface area contributed by atoms with Crippen LogP contribution in [0, 0.1) is 0 Å². The van der Waals surface area contributed by atoms with E-state index in [0.29, 0.717) is 11.1 Å². The predicted molar refractivity (Wildman–Crippen MR) is 75.3 cm³/mol. The SMILES string of the molecule is CC(Nc1cc(Cl)nc(C2CC2)n1)c1cccnc1. The molecule has 98 valence electrons. The molecule has 4 nitrogen and oxygen atoms in total. The predicted octanol–water partition coefficient (Wildman–Crippen LogP) is 3.58. The molecule has 19 heavy (non-hydrogen) atoms. The summed E-state index contributed by atoms with van der Waals surface area (Å²) in [7, 11) is 0. The minimum atomic E-state index is 0.131. The minimum absolute atomic E-state index is 0.131. The molecule has 1 unspecified atom stereocenters. The molecular weight excluding hydrogens is 260 g/mol. The lowest BCUT2D eigenvalue weighted by Crippen LogP contribution is -2.09. The maximum atomic E-state index is 6.05. The summed E-state index contributed by atoms with van der Waals surface area (Å²) in [6.45, 7) is 2.07. The van der Waals surface area contributed by atoms with Gasteiger partial charge in [0.1, 0.15) is 16.8 Å². The summed E-state index contributed by atoms with van der Waals surface area (Å²) >= 11 is 6.05. The van der Waals surface area contributed by atoms with Crippen molar-refractivity contribution in [3.8, 4) is 0 Å². The summed E-state index contributed by atoms with van der Waals surface area (Å²) in [6, 6.07) is 5.86. The van der Waals surface area contributed by atoms with Gasteiger partial charge >= 0.3 is 0 Å². The van der Waals surface area contributed by atoms with Gasteiger partial charge in [0.15, 0.2) is 0 Å². The average molecular weight is 275 g/mol. The lowest BCUT2D eigenvalue weighted by atomic mass is 10.1. The molecule has 0 saturated heterocycles. The molecule has 0 amide bonds. The van der Waals surface area contributed by atoms with E-state index in [2.05, 4.69) is 27.2 Å².